The van der Waals surface area contributed by atoms with Crippen molar-refractivity contribution in [1.82, 2.24) is 24.8 Å². The summed E-state index contributed by atoms with van der Waals surface area (Å²) < 4.78 is 32.1. The second-order valence-electron chi connectivity index (χ2n) is 10.5. The molecule has 0 radical (unpaired) electrons. The predicted molar refractivity (Wildman–Crippen MR) is 161 cm³/mol. The standard InChI is InChI=1S/C29H27F2N7O3S/c1-32-20-9-19(30)23(31)21-22-25(37-4-6-42-7-5-37)17(12-34-27(22)36-24(20)21)14-8-16-26(39)18(29(40)41)13-38(28(16)35-10-14)15-2-3-33-11-15/h8-10,12-13,15,32-33H,2-7,11H2,1H3,(H,34,36)(H,40,41). The number of hydrogen-bond acceptors (Lipinski definition) is 8. The molecule has 1 aromatic carbocycles. The zero-order valence-electron chi connectivity index (χ0n) is 22.6. The number of nitrogens with zero attached hydrogens (tertiary/aromatic N) is 4. The first kappa shape index (κ1) is 26.7. The van der Waals surface area contributed by atoms with Crippen molar-refractivity contribution in [2.24, 2.45) is 0 Å². The molecule has 2 aliphatic rings. The number of anilines is 2. The van der Waals surface area contributed by atoms with E-state index in [1.54, 1.807) is 30.1 Å². The fourth-order valence-corrected chi connectivity index (χ4v) is 7.06. The van der Waals surface area contributed by atoms with E-state index in [1.165, 1.54) is 6.20 Å². The van der Waals surface area contributed by atoms with Crippen LogP contribution in [0.25, 0.3) is 44.1 Å². The minimum absolute atomic E-state index is 0.0468. The molecule has 7 rings (SSSR count). The Hall–Kier alpha value is -4.23. The van der Waals surface area contributed by atoms with Crippen molar-refractivity contribution in [3.8, 4) is 11.1 Å². The molecule has 42 heavy (non-hydrogen) atoms. The van der Waals surface area contributed by atoms with Gasteiger partial charge in [0.25, 0.3) is 0 Å². The van der Waals surface area contributed by atoms with Crippen molar-refractivity contribution in [3.05, 3.63) is 58.1 Å². The molecule has 4 N–H and O–H groups in total. The molecule has 6 heterocycles. The van der Waals surface area contributed by atoms with Crippen LogP contribution in [-0.2, 0) is 0 Å². The van der Waals surface area contributed by atoms with Crippen molar-refractivity contribution in [3.63, 3.8) is 0 Å². The highest BCUT2D eigenvalue weighted by atomic mass is 32.2. The maximum absolute atomic E-state index is 15.5. The molecule has 2 saturated heterocycles. The van der Waals surface area contributed by atoms with Gasteiger partial charge in [-0.15, -0.1) is 0 Å². The van der Waals surface area contributed by atoms with Gasteiger partial charge in [-0.2, -0.15) is 11.8 Å². The maximum atomic E-state index is 15.5. The molecule has 0 amide bonds. The van der Waals surface area contributed by atoms with Crippen LogP contribution >= 0.6 is 11.8 Å². The van der Waals surface area contributed by atoms with Crippen LogP contribution in [0.1, 0.15) is 22.8 Å². The summed E-state index contributed by atoms with van der Waals surface area (Å²) in [7, 11) is 1.64. The Balaban J connectivity index is 1.54. The van der Waals surface area contributed by atoms with Gasteiger partial charge in [0, 0.05) is 80.0 Å². The number of H-pyrrole nitrogens is 1. The predicted octanol–water partition coefficient (Wildman–Crippen LogP) is 4.20. The van der Waals surface area contributed by atoms with E-state index in [2.05, 4.69) is 30.5 Å². The molecule has 0 saturated carbocycles. The Morgan fingerprint density at radius 1 is 1.17 bits per heavy atom. The quantitative estimate of drug-likeness (QED) is 0.238. The first-order valence-electron chi connectivity index (χ1n) is 13.7. The summed E-state index contributed by atoms with van der Waals surface area (Å²) in [5, 5.41) is 16.7. The highest BCUT2D eigenvalue weighted by molar-refractivity contribution is 7.99. The molecule has 2 aliphatic heterocycles. The van der Waals surface area contributed by atoms with Crippen LogP contribution in [0.3, 0.4) is 0 Å². The SMILES string of the molecule is CNc1cc(F)c(F)c2c1[nH]c1ncc(-c3cnc4c(c3)c(=O)c(C(=O)O)cn4C3CCNC3)c(N3CCSCC3)c12. The number of aromatic amines is 1. The van der Waals surface area contributed by atoms with Gasteiger partial charge in [-0.1, -0.05) is 0 Å². The van der Waals surface area contributed by atoms with E-state index >= 15 is 4.39 Å². The van der Waals surface area contributed by atoms with Gasteiger partial charge in [-0.05, 0) is 19.0 Å². The number of benzene rings is 1. The molecule has 0 bridgehead atoms. The number of halogens is 2. The fraction of sp³-hybridized carbons (Fsp3) is 0.310. The van der Waals surface area contributed by atoms with Crippen molar-refractivity contribution in [2.45, 2.75) is 12.5 Å². The van der Waals surface area contributed by atoms with E-state index in [0.717, 1.165) is 30.5 Å². The average Bonchev–Trinajstić information content (AvgIpc) is 3.68. The first-order chi connectivity index (χ1) is 20.4. The molecule has 13 heteroatoms. The molecule has 0 spiro atoms. The molecular weight excluding hydrogens is 564 g/mol. The van der Waals surface area contributed by atoms with Crippen molar-refractivity contribution in [1.29, 1.82) is 0 Å². The zero-order valence-corrected chi connectivity index (χ0v) is 23.4. The van der Waals surface area contributed by atoms with Crippen molar-refractivity contribution in [2.75, 3.05) is 54.9 Å². The maximum Gasteiger partial charge on any atom is 0.341 e. The second-order valence-corrected chi connectivity index (χ2v) is 11.7. The molecule has 10 nitrogen and oxygen atoms in total. The summed E-state index contributed by atoms with van der Waals surface area (Å²) >= 11 is 1.81. The third-order valence-electron chi connectivity index (χ3n) is 8.20. The number of rotatable bonds is 5. The van der Waals surface area contributed by atoms with Gasteiger partial charge in [0.15, 0.2) is 11.6 Å². The first-order valence-corrected chi connectivity index (χ1v) is 14.8. The summed E-state index contributed by atoms with van der Waals surface area (Å²) in [6, 6.07) is 2.71. The van der Waals surface area contributed by atoms with Crippen molar-refractivity contribution >= 4 is 62.1 Å². The van der Waals surface area contributed by atoms with Gasteiger partial charge in [0.2, 0.25) is 5.43 Å². The summed E-state index contributed by atoms with van der Waals surface area (Å²) in [4.78, 5) is 40.1. The lowest BCUT2D eigenvalue weighted by molar-refractivity contribution is 0.0694. The lowest BCUT2D eigenvalue weighted by atomic mass is 10.0. The molecule has 2 fully saturated rings. The lowest BCUT2D eigenvalue weighted by Gasteiger charge is -2.31. The smallest absolute Gasteiger partial charge is 0.341 e. The number of carbonyl (C=O) groups is 1. The van der Waals surface area contributed by atoms with Crippen molar-refractivity contribution < 1.29 is 18.7 Å². The summed E-state index contributed by atoms with van der Waals surface area (Å²) in [6.07, 6.45) is 5.43. The van der Waals surface area contributed by atoms with E-state index in [0.29, 0.717) is 64.3 Å². The number of aromatic nitrogens is 4. The Morgan fingerprint density at radius 2 is 1.98 bits per heavy atom. The van der Waals surface area contributed by atoms with Gasteiger partial charge in [-0.3, -0.25) is 4.79 Å². The van der Waals surface area contributed by atoms with E-state index in [4.69, 9.17) is 0 Å². The fourth-order valence-electron chi connectivity index (χ4n) is 6.16. The number of carboxylic acids is 1. The minimum atomic E-state index is -1.31. The molecule has 1 unspecified atom stereocenters. The largest absolute Gasteiger partial charge is 0.477 e. The van der Waals surface area contributed by atoms with Gasteiger partial charge in [-0.25, -0.2) is 23.5 Å². The highest BCUT2D eigenvalue weighted by Gasteiger charge is 2.27. The monoisotopic (exact) mass is 591 g/mol. The summed E-state index contributed by atoms with van der Waals surface area (Å²) in [5.41, 5.74) is 2.43. The molecule has 4 aromatic heterocycles. The number of thioether (sulfide) groups is 1. The van der Waals surface area contributed by atoms with Crippen LogP contribution in [0.2, 0.25) is 0 Å². The third-order valence-corrected chi connectivity index (χ3v) is 9.14. The van der Waals surface area contributed by atoms with Crippen LogP contribution in [0.15, 0.2) is 35.5 Å². The normalized spacial score (nSPS) is 17.5. The van der Waals surface area contributed by atoms with E-state index in [9.17, 15) is 19.1 Å². The van der Waals surface area contributed by atoms with E-state index < -0.39 is 23.0 Å². The zero-order chi connectivity index (χ0) is 29.1. The van der Waals surface area contributed by atoms with Gasteiger partial charge in [0.05, 0.1) is 33.1 Å². The van der Waals surface area contributed by atoms with Crippen LogP contribution in [0, 0.1) is 11.6 Å². The molecule has 1 atom stereocenters. The minimum Gasteiger partial charge on any atom is -0.477 e. The second kappa shape index (κ2) is 10.2. The number of aromatic carboxylic acids is 1. The lowest BCUT2D eigenvalue weighted by Crippen LogP contribution is -2.33. The number of pyridine rings is 3. The number of carboxylic acid groups (broad SMARTS) is 1. The molecular formula is C29H27F2N7O3S. The number of fused-ring (bicyclic) bond motifs is 4. The summed E-state index contributed by atoms with van der Waals surface area (Å²) in [6.45, 7) is 2.75. The van der Waals surface area contributed by atoms with Gasteiger partial charge >= 0.3 is 5.97 Å². The van der Waals surface area contributed by atoms with Crippen LogP contribution in [0.5, 0.6) is 0 Å². The molecule has 5 aromatic rings. The number of nitrogens with one attached hydrogen (secondary N) is 3. The Bertz CT molecular complexity index is 1960. The Kier molecular flexibility index (Phi) is 6.50. The number of hydrogen-bond donors (Lipinski definition) is 4. The molecule has 0 aliphatic carbocycles. The Morgan fingerprint density at radius 3 is 2.69 bits per heavy atom. The Labute approximate surface area is 242 Å². The van der Waals surface area contributed by atoms with Crippen LogP contribution < -0.4 is 21.0 Å². The van der Waals surface area contributed by atoms with E-state index in [-0.39, 0.29) is 22.4 Å². The average molecular weight is 592 g/mol. The summed E-state index contributed by atoms with van der Waals surface area (Å²) in [5.74, 6) is -1.56. The van der Waals surface area contributed by atoms with E-state index in [1.807, 2.05) is 11.8 Å². The highest BCUT2D eigenvalue weighted by Crippen LogP contribution is 2.44. The third kappa shape index (κ3) is 4.09. The molecule has 216 valence electrons. The van der Waals surface area contributed by atoms with Gasteiger partial charge in [0.1, 0.15) is 16.9 Å². The van der Waals surface area contributed by atoms with Gasteiger partial charge < -0.3 is 30.2 Å². The van der Waals surface area contributed by atoms with Crippen LogP contribution in [0.4, 0.5) is 20.2 Å². The topological polar surface area (TPSA) is 128 Å². The van der Waals surface area contributed by atoms with Crippen LogP contribution in [-0.4, -0.2) is 75.3 Å².